The van der Waals surface area contributed by atoms with Crippen molar-refractivity contribution in [3.63, 3.8) is 0 Å². The molecule has 1 aromatic carbocycles. The van der Waals surface area contributed by atoms with Crippen LogP contribution in [0.3, 0.4) is 0 Å². The Hall–Kier alpha value is -2.01. The number of likely N-dealkylation sites (tertiary alicyclic amines) is 1. The molecule has 5 nitrogen and oxygen atoms in total. The van der Waals surface area contributed by atoms with Gasteiger partial charge in [0.15, 0.2) is 0 Å². The van der Waals surface area contributed by atoms with Crippen LogP contribution >= 0.6 is 11.6 Å². The minimum atomic E-state index is -0.123. The number of piperidine rings is 1. The van der Waals surface area contributed by atoms with Gasteiger partial charge in [-0.2, -0.15) is 0 Å². The van der Waals surface area contributed by atoms with Gasteiger partial charge in [0, 0.05) is 44.8 Å². The second-order valence-corrected chi connectivity index (χ2v) is 6.61. The Morgan fingerprint density at radius 3 is 2.58 bits per heavy atom. The van der Waals surface area contributed by atoms with E-state index in [2.05, 4.69) is 5.32 Å². The predicted octanol–water partition coefficient (Wildman–Crippen LogP) is 2.86. The molecule has 24 heavy (non-hydrogen) atoms. The second-order valence-electron chi connectivity index (χ2n) is 6.21. The van der Waals surface area contributed by atoms with Gasteiger partial charge in [0.1, 0.15) is 0 Å². The smallest absolute Gasteiger partial charge is 0.319 e. The fraction of sp³-hybridized carbons (Fsp3) is 0.444. The van der Waals surface area contributed by atoms with Crippen molar-refractivity contribution in [1.82, 2.24) is 15.1 Å². The molecule has 1 aliphatic heterocycles. The summed E-state index contributed by atoms with van der Waals surface area (Å²) in [6, 6.07) is 7.45. The standard InChI is InChI=1S/C18H24ClN3O2/c1-21(2)18(24)22-11-9-14(10-12-22)13-20-17(23)8-7-15-5-3-4-6-16(15)19/h3-8,14H,9-13H2,1-2H3,(H,20,23). The first-order valence-corrected chi connectivity index (χ1v) is 8.52. The molecule has 1 aromatic rings. The highest BCUT2D eigenvalue weighted by Gasteiger charge is 2.23. The molecule has 0 unspecified atom stereocenters. The molecule has 0 bridgehead atoms. The minimum Gasteiger partial charge on any atom is -0.352 e. The van der Waals surface area contributed by atoms with E-state index in [1.165, 1.54) is 6.08 Å². The van der Waals surface area contributed by atoms with Gasteiger partial charge in [-0.15, -0.1) is 0 Å². The third-order valence-corrected chi connectivity index (χ3v) is 4.50. The van der Waals surface area contributed by atoms with Gasteiger partial charge in [-0.25, -0.2) is 4.79 Å². The van der Waals surface area contributed by atoms with Crippen LogP contribution in [0.15, 0.2) is 30.3 Å². The molecule has 0 aromatic heterocycles. The van der Waals surface area contributed by atoms with Crippen molar-refractivity contribution in [2.75, 3.05) is 33.7 Å². The molecule has 1 saturated heterocycles. The maximum Gasteiger partial charge on any atom is 0.319 e. The van der Waals surface area contributed by atoms with Crippen LogP contribution in [0.2, 0.25) is 5.02 Å². The van der Waals surface area contributed by atoms with Crippen LogP contribution in [-0.4, -0.2) is 55.5 Å². The van der Waals surface area contributed by atoms with E-state index in [1.54, 1.807) is 31.1 Å². The Labute approximate surface area is 148 Å². The van der Waals surface area contributed by atoms with E-state index < -0.39 is 0 Å². The van der Waals surface area contributed by atoms with Gasteiger partial charge in [0.2, 0.25) is 5.91 Å². The van der Waals surface area contributed by atoms with Crippen molar-refractivity contribution in [2.24, 2.45) is 5.92 Å². The molecule has 0 aliphatic carbocycles. The van der Waals surface area contributed by atoms with Crippen molar-refractivity contribution in [1.29, 1.82) is 0 Å². The Morgan fingerprint density at radius 1 is 1.29 bits per heavy atom. The number of nitrogens with one attached hydrogen (secondary N) is 1. The van der Waals surface area contributed by atoms with Gasteiger partial charge in [-0.1, -0.05) is 29.8 Å². The summed E-state index contributed by atoms with van der Waals surface area (Å²) in [4.78, 5) is 27.3. The first-order valence-electron chi connectivity index (χ1n) is 8.14. The summed E-state index contributed by atoms with van der Waals surface area (Å²) < 4.78 is 0. The number of rotatable bonds is 4. The summed E-state index contributed by atoms with van der Waals surface area (Å²) in [6.07, 6.45) is 5.05. The molecule has 1 fully saturated rings. The van der Waals surface area contributed by atoms with Gasteiger partial charge >= 0.3 is 6.03 Å². The molecule has 6 heteroatoms. The molecule has 0 saturated carbocycles. The van der Waals surface area contributed by atoms with Crippen LogP contribution in [0.5, 0.6) is 0 Å². The second kappa shape index (κ2) is 8.73. The number of carbonyl (C=O) groups is 2. The maximum atomic E-state index is 11.9. The molecule has 0 radical (unpaired) electrons. The first-order chi connectivity index (χ1) is 11.5. The fourth-order valence-corrected chi connectivity index (χ4v) is 2.89. The zero-order valence-electron chi connectivity index (χ0n) is 14.2. The molecule has 1 aliphatic rings. The van der Waals surface area contributed by atoms with E-state index in [9.17, 15) is 9.59 Å². The van der Waals surface area contributed by atoms with Crippen molar-refractivity contribution < 1.29 is 9.59 Å². The van der Waals surface area contributed by atoms with Crippen LogP contribution in [0.25, 0.3) is 6.08 Å². The van der Waals surface area contributed by atoms with E-state index in [0.29, 0.717) is 17.5 Å². The van der Waals surface area contributed by atoms with Gasteiger partial charge < -0.3 is 15.1 Å². The lowest BCUT2D eigenvalue weighted by atomic mass is 9.97. The van der Waals surface area contributed by atoms with Gasteiger partial charge in [-0.05, 0) is 36.5 Å². The summed E-state index contributed by atoms with van der Waals surface area (Å²) in [5.74, 6) is 0.288. The van der Waals surface area contributed by atoms with Gasteiger partial charge in [0.25, 0.3) is 0 Å². The topological polar surface area (TPSA) is 52.7 Å². The molecule has 2 rings (SSSR count). The number of benzene rings is 1. The number of urea groups is 1. The average Bonchev–Trinajstić information content (AvgIpc) is 2.59. The summed E-state index contributed by atoms with van der Waals surface area (Å²) in [5.41, 5.74) is 0.824. The highest BCUT2D eigenvalue weighted by atomic mass is 35.5. The number of carbonyl (C=O) groups excluding carboxylic acids is 2. The molecule has 130 valence electrons. The SMILES string of the molecule is CN(C)C(=O)N1CCC(CNC(=O)C=Cc2ccccc2Cl)CC1. The van der Waals surface area contributed by atoms with E-state index in [4.69, 9.17) is 11.6 Å². The van der Waals surface area contributed by atoms with E-state index in [-0.39, 0.29) is 11.9 Å². The molecule has 1 heterocycles. The predicted molar refractivity (Wildman–Crippen MR) is 96.9 cm³/mol. The summed E-state index contributed by atoms with van der Waals surface area (Å²) in [5, 5.41) is 3.55. The normalized spacial score (nSPS) is 15.5. The van der Waals surface area contributed by atoms with Crippen molar-refractivity contribution in [3.05, 3.63) is 40.9 Å². The van der Waals surface area contributed by atoms with Crippen molar-refractivity contribution in [3.8, 4) is 0 Å². The van der Waals surface area contributed by atoms with Gasteiger partial charge in [-0.3, -0.25) is 4.79 Å². The Kier molecular flexibility index (Phi) is 6.67. The highest BCUT2D eigenvalue weighted by Crippen LogP contribution is 2.18. The van der Waals surface area contributed by atoms with Crippen LogP contribution < -0.4 is 5.32 Å². The van der Waals surface area contributed by atoms with E-state index >= 15 is 0 Å². The highest BCUT2D eigenvalue weighted by molar-refractivity contribution is 6.32. The summed E-state index contributed by atoms with van der Waals surface area (Å²) in [6.45, 7) is 2.12. The van der Waals surface area contributed by atoms with Crippen molar-refractivity contribution >= 4 is 29.6 Å². The number of nitrogens with zero attached hydrogens (tertiary/aromatic N) is 2. The molecule has 0 spiro atoms. The first kappa shape index (κ1) is 18.3. The molecular formula is C18H24ClN3O2. The molecule has 3 amide bonds. The fourth-order valence-electron chi connectivity index (χ4n) is 2.69. The lowest BCUT2D eigenvalue weighted by Crippen LogP contribution is -2.45. The van der Waals surface area contributed by atoms with Crippen LogP contribution in [0.1, 0.15) is 18.4 Å². The lowest BCUT2D eigenvalue weighted by molar-refractivity contribution is -0.116. The Morgan fingerprint density at radius 2 is 1.96 bits per heavy atom. The largest absolute Gasteiger partial charge is 0.352 e. The van der Waals surface area contributed by atoms with Crippen LogP contribution in [0.4, 0.5) is 4.79 Å². The van der Waals surface area contributed by atoms with E-state index in [0.717, 1.165) is 31.5 Å². The number of hydrogen-bond donors (Lipinski definition) is 1. The molecule has 0 atom stereocenters. The van der Waals surface area contributed by atoms with Crippen LogP contribution in [-0.2, 0) is 4.79 Å². The summed E-state index contributed by atoms with van der Waals surface area (Å²) in [7, 11) is 3.53. The number of halogens is 1. The van der Waals surface area contributed by atoms with E-state index in [1.807, 2.05) is 23.1 Å². The Bertz CT molecular complexity index is 608. The zero-order valence-corrected chi connectivity index (χ0v) is 14.9. The van der Waals surface area contributed by atoms with Crippen LogP contribution in [0, 0.1) is 5.92 Å². The summed E-state index contributed by atoms with van der Waals surface area (Å²) >= 11 is 6.05. The number of amides is 3. The maximum absolute atomic E-state index is 11.9. The molecular weight excluding hydrogens is 326 g/mol. The lowest BCUT2D eigenvalue weighted by Gasteiger charge is -2.33. The number of hydrogen-bond acceptors (Lipinski definition) is 2. The van der Waals surface area contributed by atoms with Crippen molar-refractivity contribution in [2.45, 2.75) is 12.8 Å². The monoisotopic (exact) mass is 349 g/mol. The minimum absolute atomic E-state index is 0.0557. The zero-order chi connectivity index (χ0) is 17.5. The average molecular weight is 350 g/mol. The Balaban J connectivity index is 1.73. The quantitative estimate of drug-likeness (QED) is 0.850. The third-order valence-electron chi connectivity index (χ3n) is 4.15. The molecule has 1 N–H and O–H groups in total. The van der Waals surface area contributed by atoms with Gasteiger partial charge in [0.05, 0.1) is 0 Å². The third kappa shape index (κ3) is 5.27.